The van der Waals surface area contributed by atoms with E-state index in [1.807, 2.05) is 41.8 Å². The SMILES string of the molecule is Cc1nc(C(=O)N[C@H]2CCCc3occc32)c2ccccn12. The van der Waals surface area contributed by atoms with Crippen LogP contribution in [0.5, 0.6) is 0 Å². The van der Waals surface area contributed by atoms with Crippen LogP contribution in [0.4, 0.5) is 0 Å². The van der Waals surface area contributed by atoms with Gasteiger partial charge in [0.1, 0.15) is 11.6 Å². The van der Waals surface area contributed by atoms with E-state index >= 15 is 0 Å². The first-order valence-corrected chi connectivity index (χ1v) is 7.55. The van der Waals surface area contributed by atoms with Crippen molar-refractivity contribution in [2.75, 3.05) is 0 Å². The molecule has 4 rings (SSSR count). The number of nitrogens with zero attached hydrogens (tertiary/aromatic N) is 2. The Morgan fingerprint density at radius 1 is 1.41 bits per heavy atom. The van der Waals surface area contributed by atoms with E-state index in [-0.39, 0.29) is 11.9 Å². The fourth-order valence-electron chi connectivity index (χ4n) is 3.22. The van der Waals surface area contributed by atoms with Gasteiger partial charge in [0, 0.05) is 18.2 Å². The predicted octanol–water partition coefficient (Wildman–Crippen LogP) is 3.04. The molecule has 0 fully saturated rings. The van der Waals surface area contributed by atoms with E-state index < -0.39 is 0 Å². The maximum atomic E-state index is 12.7. The molecule has 0 aliphatic heterocycles. The number of carbonyl (C=O) groups excluding carboxylic acids is 1. The van der Waals surface area contributed by atoms with Gasteiger partial charge in [0.15, 0.2) is 5.69 Å². The molecule has 3 aromatic rings. The molecule has 0 spiro atoms. The van der Waals surface area contributed by atoms with Gasteiger partial charge in [-0.05, 0) is 38.0 Å². The first-order valence-electron chi connectivity index (χ1n) is 7.55. The fourth-order valence-corrected chi connectivity index (χ4v) is 3.22. The Bertz CT molecular complexity index is 847. The number of rotatable bonds is 2. The molecule has 5 nitrogen and oxygen atoms in total. The number of amides is 1. The van der Waals surface area contributed by atoms with E-state index in [9.17, 15) is 4.79 Å². The smallest absolute Gasteiger partial charge is 0.272 e. The summed E-state index contributed by atoms with van der Waals surface area (Å²) in [6, 6.07) is 7.73. The number of hydrogen-bond acceptors (Lipinski definition) is 3. The lowest BCUT2D eigenvalue weighted by Gasteiger charge is -2.22. The lowest BCUT2D eigenvalue weighted by molar-refractivity contribution is 0.0929. The summed E-state index contributed by atoms with van der Waals surface area (Å²) < 4.78 is 7.41. The molecule has 112 valence electrons. The number of fused-ring (bicyclic) bond motifs is 2. The van der Waals surface area contributed by atoms with E-state index in [1.54, 1.807) is 6.26 Å². The Morgan fingerprint density at radius 2 is 2.32 bits per heavy atom. The summed E-state index contributed by atoms with van der Waals surface area (Å²) in [6.45, 7) is 1.90. The minimum Gasteiger partial charge on any atom is -0.469 e. The highest BCUT2D eigenvalue weighted by molar-refractivity contribution is 5.99. The van der Waals surface area contributed by atoms with E-state index in [1.165, 1.54) is 0 Å². The third kappa shape index (κ3) is 2.01. The average Bonchev–Trinajstić information content (AvgIpc) is 3.13. The van der Waals surface area contributed by atoms with Crippen molar-refractivity contribution in [3.63, 3.8) is 0 Å². The molecule has 0 bridgehead atoms. The van der Waals surface area contributed by atoms with E-state index in [0.29, 0.717) is 5.69 Å². The molecule has 3 heterocycles. The molecule has 0 aromatic carbocycles. The second-order valence-corrected chi connectivity index (χ2v) is 5.68. The standard InChI is InChI=1S/C17H17N3O2/c1-11-18-16(14-6-2-3-9-20(11)14)17(21)19-13-5-4-7-15-12(13)8-10-22-15/h2-3,6,8-10,13H,4-5,7H2,1H3,(H,19,21)/t13-/m0/s1. The van der Waals surface area contributed by atoms with Crippen LogP contribution in [-0.4, -0.2) is 15.3 Å². The quantitative estimate of drug-likeness (QED) is 0.790. The van der Waals surface area contributed by atoms with Crippen LogP contribution in [0.2, 0.25) is 0 Å². The van der Waals surface area contributed by atoms with Crippen LogP contribution < -0.4 is 5.32 Å². The molecule has 1 atom stereocenters. The summed E-state index contributed by atoms with van der Waals surface area (Å²) in [7, 11) is 0. The molecule has 0 saturated heterocycles. The minimum atomic E-state index is -0.129. The van der Waals surface area contributed by atoms with Crippen LogP contribution in [0, 0.1) is 6.92 Å². The second-order valence-electron chi connectivity index (χ2n) is 5.68. The Morgan fingerprint density at radius 3 is 3.23 bits per heavy atom. The van der Waals surface area contributed by atoms with E-state index in [0.717, 1.165) is 41.9 Å². The summed E-state index contributed by atoms with van der Waals surface area (Å²) in [4.78, 5) is 17.1. The molecule has 5 heteroatoms. The van der Waals surface area contributed by atoms with Crippen molar-refractivity contribution in [2.45, 2.75) is 32.2 Å². The Labute approximate surface area is 128 Å². The maximum absolute atomic E-state index is 12.7. The van der Waals surface area contributed by atoms with Crippen molar-refractivity contribution in [1.29, 1.82) is 0 Å². The van der Waals surface area contributed by atoms with Crippen LogP contribution in [-0.2, 0) is 6.42 Å². The largest absolute Gasteiger partial charge is 0.469 e. The normalized spacial score (nSPS) is 17.4. The monoisotopic (exact) mass is 295 g/mol. The summed E-state index contributed by atoms with van der Waals surface area (Å²) in [5, 5.41) is 3.11. The summed E-state index contributed by atoms with van der Waals surface area (Å²) in [5.41, 5.74) is 2.41. The van der Waals surface area contributed by atoms with Crippen LogP contribution in [0.1, 0.15) is 46.5 Å². The van der Waals surface area contributed by atoms with Crippen LogP contribution in [0.25, 0.3) is 5.52 Å². The average molecular weight is 295 g/mol. The third-order valence-corrected chi connectivity index (χ3v) is 4.30. The maximum Gasteiger partial charge on any atom is 0.272 e. The van der Waals surface area contributed by atoms with Crippen LogP contribution in [0.15, 0.2) is 41.1 Å². The summed E-state index contributed by atoms with van der Waals surface area (Å²) in [5.74, 6) is 1.67. The van der Waals surface area contributed by atoms with Gasteiger partial charge in [-0.15, -0.1) is 0 Å². The first-order chi connectivity index (χ1) is 10.7. The fraction of sp³-hybridized carbons (Fsp3) is 0.294. The highest BCUT2D eigenvalue weighted by atomic mass is 16.3. The van der Waals surface area contributed by atoms with Gasteiger partial charge in [0.2, 0.25) is 0 Å². The van der Waals surface area contributed by atoms with Gasteiger partial charge in [-0.2, -0.15) is 0 Å². The molecule has 1 aliphatic carbocycles. The van der Waals surface area contributed by atoms with Gasteiger partial charge in [-0.1, -0.05) is 6.07 Å². The molecule has 1 N–H and O–H groups in total. The number of aryl methyl sites for hydroxylation is 2. The molecule has 0 radical (unpaired) electrons. The highest BCUT2D eigenvalue weighted by Crippen LogP contribution is 2.30. The first kappa shape index (κ1) is 13.1. The Kier molecular flexibility index (Phi) is 2.99. The van der Waals surface area contributed by atoms with Gasteiger partial charge in [0.05, 0.1) is 17.8 Å². The lowest BCUT2D eigenvalue weighted by Crippen LogP contribution is -2.30. The van der Waals surface area contributed by atoms with E-state index in [4.69, 9.17) is 4.42 Å². The molecule has 22 heavy (non-hydrogen) atoms. The molecular formula is C17H17N3O2. The van der Waals surface area contributed by atoms with Crippen LogP contribution in [0.3, 0.4) is 0 Å². The second kappa shape index (κ2) is 5.02. The summed E-state index contributed by atoms with van der Waals surface area (Å²) >= 11 is 0. The van der Waals surface area contributed by atoms with Gasteiger partial charge < -0.3 is 14.1 Å². The zero-order valence-electron chi connectivity index (χ0n) is 12.4. The van der Waals surface area contributed by atoms with E-state index in [2.05, 4.69) is 10.3 Å². The number of aromatic nitrogens is 2. The highest BCUT2D eigenvalue weighted by Gasteiger charge is 2.26. The Balaban J connectivity index is 1.66. The third-order valence-electron chi connectivity index (χ3n) is 4.30. The zero-order chi connectivity index (χ0) is 15.1. The molecule has 3 aromatic heterocycles. The van der Waals surface area contributed by atoms with Crippen molar-refractivity contribution in [3.05, 3.63) is 59.6 Å². The van der Waals surface area contributed by atoms with Crippen molar-refractivity contribution in [1.82, 2.24) is 14.7 Å². The van der Waals surface area contributed by atoms with Crippen molar-refractivity contribution in [2.24, 2.45) is 0 Å². The number of carbonyl (C=O) groups is 1. The number of nitrogens with one attached hydrogen (secondary N) is 1. The molecule has 0 unspecified atom stereocenters. The topological polar surface area (TPSA) is 59.5 Å². The number of pyridine rings is 1. The van der Waals surface area contributed by atoms with Gasteiger partial charge in [0.25, 0.3) is 5.91 Å². The van der Waals surface area contributed by atoms with Crippen molar-refractivity contribution < 1.29 is 9.21 Å². The van der Waals surface area contributed by atoms with Gasteiger partial charge in [-0.25, -0.2) is 4.98 Å². The van der Waals surface area contributed by atoms with Gasteiger partial charge >= 0.3 is 0 Å². The summed E-state index contributed by atoms with van der Waals surface area (Å²) in [6.07, 6.45) is 6.52. The van der Waals surface area contributed by atoms with Crippen molar-refractivity contribution >= 4 is 11.4 Å². The number of hydrogen-bond donors (Lipinski definition) is 1. The number of furan rings is 1. The van der Waals surface area contributed by atoms with Gasteiger partial charge in [-0.3, -0.25) is 4.79 Å². The molecule has 1 amide bonds. The lowest BCUT2D eigenvalue weighted by atomic mass is 9.93. The minimum absolute atomic E-state index is 0.00997. The predicted molar refractivity (Wildman–Crippen MR) is 81.8 cm³/mol. The zero-order valence-corrected chi connectivity index (χ0v) is 12.4. The number of imidazole rings is 1. The molecular weight excluding hydrogens is 278 g/mol. The Hall–Kier alpha value is -2.56. The molecule has 0 saturated carbocycles. The van der Waals surface area contributed by atoms with Crippen LogP contribution >= 0.6 is 0 Å². The molecule has 1 aliphatic rings. The van der Waals surface area contributed by atoms with Crippen molar-refractivity contribution in [3.8, 4) is 0 Å².